The molecule has 0 heterocycles. The number of nitrogens with two attached hydrogens (primary N) is 2. The summed E-state index contributed by atoms with van der Waals surface area (Å²) >= 11 is 0. The topological polar surface area (TPSA) is 105 Å². The quantitative estimate of drug-likeness (QED) is 0.417. The smallest absolute Gasteiger partial charge is 0.343 e. The Morgan fingerprint density at radius 3 is 2.04 bits per heavy atom. The van der Waals surface area contributed by atoms with E-state index in [1.54, 1.807) is 61.5 Å². The summed E-state index contributed by atoms with van der Waals surface area (Å²) in [6.45, 7) is 1.74. The Labute approximate surface area is 156 Å². The zero-order valence-corrected chi connectivity index (χ0v) is 14.6. The molecule has 0 amide bonds. The molecule has 0 saturated heterocycles. The summed E-state index contributed by atoms with van der Waals surface area (Å²) in [5.41, 5.74) is 13.6. The predicted molar refractivity (Wildman–Crippen MR) is 103 cm³/mol. The van der Waals surface area contributed by atoms with Crippen LogP contribution >= 0.6 is 0 Å². The summed E-state index contributed by atoms with van der Waals surface area (Å²) in [5, 5.41) is 0. The maximum Gasteiger partial charge on any atom is 0.343 e. The normalized spacial score (nSPS) is 10.3. The minimum atomic E-state index is -0.530. The Hall–Kier alpha value is -3.80. The van der Waals surface area contributed by atoms with Gasteiger partial charge in [-0.25, -0.2) is 9.59 Å². The molecule has 0 spiro atoms. The molecule has 0 aromatic heterocycles. The lowest BCUT2D eigenvalue weighted by atomic mass is 10.1. The number of anilines is 2. The molecular formula is C21H18N2O4. The van der Waals surface area contributed by atoms with Gasteiger partial charge >= 0.3 is 11.9 Å². The van der Waals surface area contributed by atoms with Crippen LogP contribution in [0.3, 0.4) is 0 Å². The van der Waals surface area contributed by atoms with Gasteiger partial charge in [-0.3, -0.25) is 0 Å². The van der Waals surface area contributed by atoms with Crippen LogP contribution in [-0.4, -0.2) is 11.9 Å². The van der Waals surface area contributed by atoms with Gasteiger partial charge in [0.25, 0.3) is 0 Å². The number of carbonyl (C=O) groups is 2. The molecule has 0 radical (unpaired) electrons. The summed E-state index contributed by atoms with van der Waals surface area (Å²) in [5.74, 6) is -0.351. The van der Waals surface area contributed by atoms with Crippen molar-refractivity contribution in [2.24, 2.45) is 0 Å². The Morgan fingerprint density at radius 1 is 0.741 bits per heavy atom. The highest BCUT2D eigenvalue weighted by Crippen LogP contribution is 2.22. The number of carbonyl (C=O) groups excluding carboxylic acids is 2. The third-order valence-corrected chi connectivity index (χ3v) is 3.80. The van der Waals surface area contributed by atoms with Gasteiger partial charge in [0.15, 0.2) is 0 Å². The molecule has 3 rings (SSSR count). The molecule has 3 aromatic rings. The van der Waals surface area contributed by atoms with Crippen LogP contribution in [0.15, 0.2) is 66.7 Å². The highest BCUT2D eigenvalue weighted by atomic mass is 16.5. The number of benzene rings is 3. The molecule has 27 heavy (non-hydrogen) atoms. The van der Waals surface area contributed by atoms with E-state index in [1.807, 2.05) is 0 Å². The molecule has 0 fully saturated rings. The predicted octanol–water partition coefficient (Wildman–Crippen LogP) is 3.60. The lowest BCUT2D eigenvalue weighted by molar-refractivity contribution is 0.0730. The van der Waals surface area contributed by atoms with Gasteiger partial charge in [0, 0.05) is 17.4 Å². The van der Waals surface area contributed by atoms with E-state index < -0.39 is 11.9 Å². The average molecular weight is 362 g/mol. The Kier molecular flexibility index (Phi) is 5.08. The number of nitrogen functional groups attached to an aromatic ring is 2. The highest BCUT2D eigenvalue weighted by molar-refractivity contribution is 5.93. The summed E-state index contributed by atoms with van der Waals surface area (Å²) in [6.07, 6.45) is 0. The monoisotopic (exact) mass is 362 g/mol. The number of rotatable bonds is 4. The average Bonchev–Trinajstić information content (AvgIpc) is 2.63. The molecule has 6 heteroatoms. The van der Waals surface area contributed by atoms with Gasteiger partial charge in [-0.1, -0.05) is 12.1 Å². The largest absolute Gasteiger partial charge is 0.423 e. The molecule has 4 N–H and O–H groups in total. The van der Waals surface area contributed by atoms with Crippen LogP contribution < -0.4 is 20.9 Å². The molecule has 0 saturated carbocycles. The van der Waals surface area contributed by atoms with Crippen molar-refractivity contribution in [3.05, 3.63) is 83.4 Å². The molecule has 3 aromatic carbocycles. The second-order valence-corrected chi connectivity index (χ2v) is 5.96. The van der Waals surface area contributed by atoms with Crippen LogP contribution in [0.4, 0.5) is 11.4 Å². The third kappa shape index (κ3) is 4.43. The van der Waals surface area contributed by atoms with E-state index >= 15 is 0 Å². The van der Waals surface area contributed by atoms with E-state index in [4.69, 9.17) is 20.9 Å². The standard InChI is InChI=1S/C21H18N2O4/c1-13-10-15(20(24)26-18-7-3-6-17(23)12-18)8-9-19(13)27-21(25)14-4-2-5-16(22)11-14/h2-12H,22-23H2,1H3. The van der Waals surface area contributed by atoms with Crippen LogP contribution in [0.25, 0.3) is 0 Å². The fraction of sp³-hybridized carbons (Fsp3) is 0.0476. The number of hydrogen-bond acceptors (Lipinski definition) is 6. The van der Waals surface area contributed by atoms with Gasteiger partial charge in [0.1, 0.15) is 11.5 Å². The first kappa shape index (κ1) is 18.0. The zero-order chi connectivity index (χ0) is 19.4. The molecule has 6 nitrogen and oxygen atoms in total. The van der Waals surface area contributed by atoms with Crippen molar-refractivity contribution < 1.29 is 19.1 Å². The molecule has 0 atom stereocenters. The van der Waals surface area contributed by atoms with Crippen molar-refractivity contribution >= 4 is 23.3 Å². The van der Waals surface area contributed by atoms with Gasteiger partial charge in [0.05, 0.1) is 11.1 Å². The zero-order valence-electron chi connectivity index (χ0n) is 14.6. The first-order valence-corrected chi connectivity index (χ1v) is 8.18. The fourth-order valence-corrected chi connectivity index (χ4v) is 2.46. The number of hydrogen-bond donors (Lipinski definition) is 2. The van der Waals surface area contributed by atoms with Crippen molar-refractivity contribution in [1.29, 1.82) is 0 Å². The molecule has 0 bridgehead atoms. The number of aryl methyl sites for hydroxylation is 1. The first-order chi connectivity index (χ1) is 12.9. The van der Waals surface area contributed by atoms with Gasteiger partial charge in [-0.15, -0.1) is 0 Å². The van der Waals surface area contributed by atoms with Crippen LogP contribution in [0.5, 0.6) is 11.5 Å². The van der Waals surface area contributed by atoms with Gasteiger partial charge in [-0.05, 0) is 61.0 Å². The van der Waals surface area contributed by atoms with E-state index in [-0.39, 0.29) is 0 Å². The van der Waals surface area contributed by atoms with Crippen molar-refractivity contribution in [2.45, 2.75) is 6.92 Å². The van der Waals surface area contributed by atoms with E-state index in [1.165, 1.54) is 12.1 Å². The lowest BCUT2D eigenvalue weighted by Crippen LogP contribution is -2.11. The summed E-state index contributed by atoms with van der Waals surface area (Å²) in [4.78, 5) is 24.5. The molecule has 0 unspecified atom stereocenters. The van der Waals surface area contributed by atoms with Crippen LogP contribution in [0, 0.1) is 6.92 Å². The summed E-state index contributed by atoms with van der Waals surface area (Å²) in [7, 11) is 0. The SMILES string of the molecule is Cc1cc(C(=O)Oc2cccc(N)c2)ccc1OC(=O)c1cccc(N)c1. The van der Waals surface area contributed by atoms with Crippen LogP contribution in [0.1, 0.15) is 26.3 Å². The molecule has 0 aliphatic carbocycles. The van der Waals surface area contributed by atoms with Gasteiger partial charge in [0.2, 0.25) is 0 Å². The minimum Gasteiger partial charge on any atom is -0.423 e. The van der Waals surface area contributed by atoms with Crippen molar-refractivity contribution in [3.8, 4) is 11.5 Å². The molecule has 0 aliphatic heterocycles. The Bertz CT molecular complexity index is 1010. The second-order valence-electron chi connectivity index (χ2n) is 5.96. The Morgan fingerprint density at radius 2 is 1.37 bits per heavy atom. The van der Waals surface area contributed by atoms with E-state index in [2.05, 4.69) is 0 Å². The Balaban J connectivity index is 1.73. The van der Waals surface area contributed by atoms with Gasteiger partial charge < -0.3 is 20.9 Å². The molecular weight excluding hydrogens is 344 g/mol. The van der Waals surface area contributed by atoms with E-state index in [9.17, 15) is 9.59 Å². The van der Waals surface area contributed by atoms with Crippen LogP contribution in [-0.2, 0) is 0 Å². The fourth-order valence-electron chi connectivity index (χ4n) is 2.46. The highest BCUT2D eigenvalue weighted by Gasteiger charge is 2.14. The molecule has 136 valence electrons. The summed E-state index contributed by atoms with van der Waals surface area (Å²) < 4.78 is 10.7. The van der Waals surface area contributed by atoms with Crippen molar-refractivity contribution in [2.75, 3.05) is 11.5 Å². The first-order valence-electron chi connectivity index (χ1n) is 8.18. The third-order valence-electron chi connectivity index (χ3n) is 3.80. The van der Waals surface area contributed by atoms with Crippen molar-refractivity contribution in [1.82, 2.24) is 0 Å². The maximum absolute atomic E-state index is 12.3. The van der Waals surface area contributed by atoms with E-state index in [0.29, 0.717) is 39.6 Å². The van der Waals surface area contributed by atoms with Gasteiger partial charge in [-0.2, -0.15) is 0 Å². The number of esters is 2. The maximum atomic E-state index is 12.3. The lowest BCUT2D eigenvalue weighted by Gasteiger charge is -2.10. The molecule has 0 aliphatic rings. The minimum absolute atomic E-state index is 0.332. The number of ether oxygens (including phenoxy) is 2. The summed E-state index contributed by atoms with van der Waals surface area (Å²) in [6, 6.07) is 17.8. The second kappa shape index (κ2) is 7.61. The van der Waals surface area contributed by atoms with Crippen molar-refractivity contribution in [3.63, 3.8) is 0 Å². The van der Waals surface area contributed by atoms with E-state index in [0.717, 1.165) is 0 Å². The van der Waals surface area contributed by atoms with Crippen LogP contribution in [0.2, 0.25) is 0 Å².